The zero-order chi connectivity index (χ0) is 10.3. The second-order valence-electron chi connectivity index (χ2n) is 3.91. The molecule has 1 rings (SSSR count). The average molecular weight is 197 g/mol. The summed E-state index contributed by atoms with van der Waals surface area (Å²) < 4.78 is 10.7. The first kappa shape index (κ1) is 11.5. The van der Waals surface area contributed by atoms with Crippen LogP contribution >= 0.6 is 0 Å². The minimum absolute atomic E-state index is 0.258. The van der Waals surface area contributed by atoms with Crippen LogP contribution in [-0.2, 0) is 9.47 Å². The Morgan fingerprint density at radius 1 is 1.50 bits per heavy atom. The van der Waals surface area contributed by atoms with Crippen LogP contribution in [0.1, 0.15) is 32.6 Å². The van der Waals surface area contributed by atoms with Crippen LogP contribution in [0, 0.1) is 16.7 Å². The third-order valence-electron chi connectivity index (χ3n) is 2.71. The quantitative estimate of drug-likeness (QED) is 0.612. The van der Waals surface area contributed by atoms with Gasteiger partial charge < -0.3 is 9.47 Å². The molecule has 1 aliphatic rings. The summed E-state index contributed by atoms with van der Waals surface area (Å²) in [6.45, 7) is 4.96. The van der Waals surface area contributed by atoms with Crippen molar-refractivity contribution in [2.75, 3.05) is 26.4 Å². The Morgan fingerprint density at radius 2 is 2.36 bits per heavy atom. The van der Waals surface area contributed by atoms with Gasteiger partial charge >= 0.3 is 0 Å². The van der Waals surface area contributed by atoms with E-state index in [9.17, 15) is 0 Å². The molecule has 0 radical (unpaired) electrons. The molecule has 1 saturated heterocycles. The smallest absolute Gasteiger partial charge is 0.0850 e. The molecule has 1 heterocycles. The number of ether oxygens (including phenoxy) is 2. The SMILES string of the molecule is CCCCOCCC1(C#N)CCOC1. The summed E-state index contributed by atoms with van der Waals surface area (Å²) in [6.07, 6.45) is 3.94. The number of rotatable bonds is 6. The van der Waals surface area contributed by atoms with Crippen LogP contribution in [0.4, 0.5) is 0 Å². The Kier molecular flexibility index (Phi) is 4.92. The molecule has 0 aliphatic carbocycles. The van der Waals surface area contributed by atoms with Crippen molar-refractivity contribution < 1.29 is 9.47 Å². The zero-order valence-electron chi connectivity index (χ0n) is 8.92. The fourth-order valence-electron chi connectivity index (χ4n) is 1.56. The maximum Gasteiger partial charge on any atom is 0.0850 e. The number of unbranched alkanes of at least 4 members (excludes halogenated alkanes) is 1. The van der Waals surface area contributed by atoms with Crippen molar-refractivity contribution in [3.8, 4) is 6.07 Å². The highest BCUT2D eigenvalue weighted by Gasteiger charge is 2.34. The van der Waals surface area contributed by atoms with Gasteiger partial charge in [-0.3, -0.25) is 0 Å². The van der Waals surface area contributed by atoms with Gasteiger partial charge in [0.05, 0.1) is 18.1 Å². The molecular formula is C11H19NO2. The van der Waals surface area contributed by atoms with E-state index in [2.05, 4.69) is 13.0 Å². The minimum atomic E-state index is -0.258. The largest absolute Gasteiger partial charge is 0.381 e. The van der Waals surface area contributed by atoms with Crippen molar-refractivity contribution in [2.24, 2.45) is 5.41 Å². The van der Waals surface area contributed by atoms with E-state index in [4.69, 9.17) is 14.7 Å². The summed E-state index contributed by atoms with van der Waals surface area (Å²) >= 11 is 0. The van der Waals surface area contributed by atoms with E-state index in [-0.39, 0.29) is 5.41 Å². The summed E-state index contributed by atoms with van der Waals surface area (Å²) in [5.41, 5.74) is -0.258. The Balaban J connectivity index is 2.13. The fraction of sp³-hybridized carbons (Fsp3) is 0.909. The molecule has 0 saturated carbocycles. The average Bonchev–Trinajstić information content (AvgIpc) is 2.67. The minimum Gasteiger partial charge on any atom is -0.381 e. The van der Waals surface area contributed by atoms with Crippen molar-refractivity contribution >= 4 is 0 Å². The second kappa shape index (κ2) is 6.00. The monoisotopic (exact) mass is 197 g/mol. The molecule has 1 aliphatic heterocycles. The Morgan fingerprint density at radius 3 is 2.93 bits per heavy atom. The fourth-order valence-corrected chi connectivity index (χ4v) is 1.56. The van der Waals surface area contributed by atoms with Gasteiger partial charge in [0.1, 0.15) is 0 Å². The van der Waals surface area contributed by atoms with E-state index >= 15 is 0 Å². The van der Waals surface area contributed by atoms with Crippen LogP contribution in [0.2, 0.25) is 0 Å². The molecule has 1 atom stereocenters. The maximum absolute atomic E-state index is 9.03. The number of hydrogen-bond acceptors (Lipinski definition) is 3. The lowest BCUT2D eigenvalue weighted by atomic mass is 9.86. The van der Waals surface area contributed by atoms with Gasteiger partial charge in [0.25, 0.3) is 0 Å². The van der Waals surface area contributed by atoms with Gasteiger partial charge in [-0.2, -0.15) is 5.26 Å². The van der Waals surface area contributed by atoms with E-state index in [1.54, 1.807) is 0 Å². The molecule has 0 amide bonds. The third kappa shape index (κ3) is 3.28. The lowest BCUT2D eigenvalue weighted by Gasteiger charge is -2.17. The highest BCUT2D eigenvalue weighted by Crippen LogP contribution is 2.31. The molecule has 0 N–H and O–H groups in total. The van der Waals surface area contributed by atoms with Gasteiger partial charge in [-0.05, 0) is 19.3 Å². The molecule has 80 valence electrons. The summed E-state index contributed by atoms with van der Waals surface area (Å²) in [5, 5.41) is 9.03. The van der Waals surface area contributed by atoms with E-state index in [1.807, 2.05) is 0 Å². The van der Waals surface area contributed by atoms with Crippen molar-refractivity contribution in [1.82, 2.24) is 0 Å². The van der Waals surface area contributed by atoms with Crippen molar-refractivity contribution in [1.29, 1.82) is 5.26 Å². The first-order valence-corrected chi connectivity index (χ1v) is 5.40. The third-order valence-corrected chi connectivity index (χ3v) is 2.71. The van der Waals surface area contributed by atoms with E-state index in [1.165, 1.54) is 0 Å². The first-order chi connectivity index (χ1) is 6.83. The van der Waals surface area contributed by atoms with Crippen LogP contribution in [0.25, 0.3) is 0 Å². The Labute approximate surface area is 86.0 Å². The van der Waals surface area contributed by atoms with Gasteiger partial charge in [-0.1, -0.05) is 13.3 Å². The molecule has 1 unspecified atom stereocenters. The summed E-state index contributed by atoms with van der Waals surface area (Å²) in [4.78, 5) is 0. The predicted octanol–water partition coefficient (Wildman–Crippen LogP) is 2.12. The van der Waals surface area contributed by atoms with E-state index < -0.39 is 0 Å². The number of hydrogen-bond donors (Lipinski definition) is 0. The molecule has 0 spiro atoms. The Hall–Kier alpha value is -0.590. The van der Waals surface area contributed by atoms with Gasteiger partial charge in [-0.15, -0.1) is 0 Å². The van der Waals surface area contributed by atoms with Crippen molar-refractivity contribution in [3.63, 3.8) is 0 Å². The summed E-state index contributed by atoms with van der Waals surface area (Å²) in [6, 6.07) is 2.36. The molecule has 0 aromatic carbocycles. The summed E-state index contributed by atoms with van der Waals surface area (Å²) in [5.74, 6) is 0. The maximum atomic E-state index is 9.03. The first-order valence-electron chi connectivity index (χ1n) is 5.40. The molecule has 3 nitrogen and oxygen atoms in total. The van der Waals surface area contributed by atoms with Gasteiger partial charge in [0.2, 0.25) is 0 Å². The van der Waals surface area contributed by atoms with Gasteiger partial charge in [-0.25, -0.2) is 0 Å². The highest BCUT2D eigenvalue weighted by atomic mass is 16.5. The number of nitrogens with zero attached hydrogens (tertiary/aromatic N) is 1. The summed E-state index contributed by atoms with van der Waals surface area (Å²) in [7, 11) is 0. The molecule has 1 fully saturated rings. The second-order valence-corrected chi connectivity index (χ2v) is 3.91. The van der Waals surface area contributed by atoms with Crippen molar-refractivity contribution in [3.05, 3.63) is 0 Å². The molecular weight excluding hydrogens is 178 g/mol. The molecule has 0 aromatic rings. The lowest BCUT2D eigenvalue weighted by molar-refractivity contribution is 0.0976. The van der Waals surface area contributed by atoms with Crippen molar-refractivity contribution in [2.45, 2.75) is 32.6 Å². The highest BCUT2D eigenvalue weighted by molar-refractivity contribution is 5.01. The molecule has 0 bridgehead atoms. The van der Waals surface area contributed by atoms with Gasteiger partial charge in [0.15, 0.2) is 0 Å². The Bertz CT molecular complexity index is 192. The van der Waals surface area contributed by atoms with Crippen LogP contribution in [-0.4, -0.2) is 26.4 Å². The lowest BCUT2D eigenvalue weighted by Crippen LogP contribution is -2.21. The van der Waals surface area contributed by atoms with E-state index in [0.717, 1.165) is 38.9 Å². The van der Waals surface area contributed by atoms with Crippen LogP contribution in [0.15, 0.2) is 0 Å². The van der Waals surface area contributed by atoms with Crippen LogP contribution in [0.3, 0.4) is 0 Å². The standard InChI is InChI=1S/C11H19NO2/c1-2-3-6-13-7-4-11(9-12)5-8-14-10-11/h2-8,10H2,1H3. The molecule has 3 heteroatoms. The topological polar surface area (TPSA) is 42.2 Å². The molecule has 0 aromatic heterocycles. The number of nitriles is 1. The van der Waals surface area contributed by atoms with Gasteiger partial charge in [0, 0.05) is 19.8 Å². The predicted molar refractivity (Wildman–Crippen MR) is 53.8 cm³/mol. The normalized spacial score (nSPS) is 26.3. The van der Waals surface area contributed by atoms with Crippen LogP contribution in [0.5, 0.6) is 0 Å². The van der Waals surface area contributed by atoms with E-state index in [0.29, 0.717) is 13.2 Å². The zero-order valence-corrected chi connectivity index (χ0v) is 8.92. The van der Waals surface area contributed by atoms with Crippen LogP contribution < -0.4 is 0 Å². The molecule has 14 heavy (non-hydrogen) atoms.